The van der Waals surface area contributed by atoms with Crippen molar-refractivity contribution in [3.8, 4) is 0 Å². The minimum absolute atomic E-state index is 0.0206. The third-order valence-electron chi connectivity index (χ3n) is 2.03. The molecule has 0 radical (unpaired) electrons. The first kappa shape index (κ1) is 14.0. The first-order valence-electron chi connectivity index (χ1n) is 4.90. The van der Waals surface area contributed by atoms with Crippen molar-refractivity contribution in [3.05, 3.63) is 36.9 Å². The van der Waals surface area contributed by atoms with Crippen molar-refractivity contribution < 1.29 is 22.7 Å². The molecule has 4 nitrogen and oxygen atoms in total. The molecule has 1 aromatic heterocycles. The Kier molecular flexibility index (Phi) is 4.30. The quantitative estimate of drug-likeness (QED) is 0.474. The Labute approximate surface area is 101 Å². The first-order chi connectivity index (χ1) is 8.35. The lowest BCUT2D eigenvalue weighted by Gasteiger charge is -2.10. The zero-order valence-corrected chi connectivity index (χ0v) is 9.57. The molecule has 7 heteroatoms. The van der Waals surface area contributed by atoms with Crippen LogP contribution in [0, 0.1) is 0 Å². The van der Waals surface area contributed by atoms with Crippen molar-refractivity contribution in [1.82, 2.24) is 9.55 Å². The van der Waals surface area contributed by atoms with Crippen molar-refractivity contribution >= 4 is 11.7 Å². The van der Waals surface area contributed by atoms with E-state index in [1.807, 2.05) is 0 Å². The number of hydrogen-bond acceptors (Lipinski definition) is 3. The summed E-state index contributed by atoms with van der Waals surface area (Å²) in [5.41, 5.74) is 0.340. The van der Waals surface area contributed by atoms with Crippen LogP contribution in [0.2, 0.25) is 0 Å². The Morgan fingerprint density at radius 2 is 2.22 bits per heavy atom. The van der Waals surface area contributed by atoms with Crippen LogP contribution in [0.1, 0.15) is 6.92 Å². The number of carbonyl (C=O) groups excluding carboxylic acids is 1. The van der Waals surface area contributed by atoms with Gasteiger partial charge in [-0.15, -0.1) is 0 Å². The van der Waals surface area contributed by atoms with Gasteiger partial charge in [-0.3, -0.25) is 0 Å². The number of halogens is 3. The van der Waals surface area contributed by atoms with Gasteiger partial charge in [0.05, 0.1) is 17.6 Å². The smallest absolute Gasteiger partial charge is 0.422 e. The number of esters is 1. The summed E-state index contributed by atoms with van der Waals surface area (Å²) in [6.07, 6.45) is 1.21. The third kappa shape index (κ3) is 3.76. The summed E-state index contributed by atoms with van der Waals surface area (Å²) in [6.45, 7) is 3.24. The second-order valence-corrected chi connectivity index (χ2v) is 3.38. The summed E-state index contributed by atoms with van der Waals surface area (Å²) in [5.74, 6) is -1.05. The van der Waals surface area contributed by atoms with Gasteiger partial charge in [-0.05, 0) is 13.0 Å². The number of carbonyl (C=O) groups is 1. The van der Waals surface area contributed by atoms with Crippen LogP contribution >= 0.6 is 0 Å². The van der Waals surface area contributed by atoms with E-state index in [1.54, 1.807) is 0 Å². The molecule has 0 N–H and O–H groups in total. The fourth-order valence-corrected chi connectivity index (χ4v) is 1.21. The van der Waals surface area contributed by atoms with Crippen LogP contribution in [0.3, 0.4) is 0 Å². The molecule has 0 spiro atoms. The van der Waals surface area contributed by atoms with Crippen LogP contribution in [0.5, 0.6) is 0 Å². The second kappa shape index (κ2) is 5.52. The lowest BCUT2D eigenvalue weighted by molar-refractivity contribution is -0.183. The van der Waals surface area contributed by atoms with E-state index in [-0.39, 0.29) is 5.57 Å². The van der Waals surface area contributed by atoms with Crippen LogP contribution in [0.4, 0.5) is 13.2 Å². The average molecular weight is 260 g/mol. The third-order valence-corrected chi connectivity index (χ3v) is 2.03. The molecule has 0 saturated carbocycles. The summed E-state index contributed by atoms with van der Waals surface area (Å²) in [4.78, 5) is 15.2. The molecule has 0 unspecified atom stereocenters. The van der Waals surface area contributed by atoms with Crippen LogP contribution in [0.25, 0.3) is 5.70 Å². The fourth-order valence-electron chi connectivity index (χ4n) is 1.21. The molecule has 0 aliphatic heterocycles. The number of nitrogens with zero attached hydrogens (tertiary/aromatic N) is 2. The lowest BCUT2D eigenvalue weighted by atomic mass is 10.2. The second-order valence-electron chi connectivity index (χ2n) is 3.38. The van der Waals surface area contributed by atoms with E-state index in [9.17, 15) is 18.0 Å². The van der Waals surface area contributed by atoms with Crippen molar-refractivity contribution in [2.75, 3.05) is 6.61 Å². The number of allylic oxidation sites excluding steroid dienone is 2. The molecule has 0 atom stereocenters. The summed E-state index contributed by atoms with van der Waals surface area (Å²) in [7, 11) is 0. The van der Waals surface area contributed by atoms with Gasteiger partial charge in [0, 0.05) is 12.4 Å². The van der Waals surface area contributed by atoms with E-state index in [0.717, 1.165) is 0 Å². The van der Waals surface area contributed by atoms with Crippen molar-refractivity contribution in [2.24, 2.45) is 0 Å². The maximum atomic E-state index is 11.9. The van der Waals surface area contributed by atoms with Gasteiger partial charge in [0.2, 0.25) is 0 Å². The van der Waals surface area contributed by atoms with E-state index in [4.69, 9.17) is 0 Å². The molecule has 1 heterocycles. The van der Waals surface area contributed by atoms with E-state index in [1.165, 1.54) is 36.3 Å². The summed E-state index contributed by atoms with van der Waals surface area (Å²) in [5, 5.41) is 0. The summed E-state index contributed by atoms with van der Waals surface area (Å²) in [6, 6.07) is 0. The summed E-state index contributed by atoms with van der Waals surface area (Å²) < 4.78 is 41.3. The number of rotatable bonds is 4. The van der Waals surface area contributed by atoms with Gasteiger partial charge in [-0.25, -0.2) is 9.78 Å². The molecule has 0 bridgehead atoms. The Morgan fingerprint density at radius 1 is 1.56 bits per heavy atom. The normalized spacial score (nSPS) is 12.9. The van der Waals surface area contributed by atoms with E-state index < -0.39 is 18.8 Å². The highest BCUT2D eigenvalue weighted by atomic mass is 19.4. The highest BCUT2D eigenvalue weighted by molar-refractivity contribution is 5.95. The molecular formula is C11H11F3N2O2. The van der Waals surface area contributed by atoms with Gasteiger partial charge >= 0.3 is 12.1 Å². The van der Waals surface area contributed by atoms with Gasteiger partial charge < -0.3 is 9.30 Å². The van der Waals surface area contributed by atoms with Crippen LogP contribution in [-0.4, -0.2) is 28.3 Å². The van der Waals surface area contributed by atoms with Gasteiger partial charge in [-0.1, -0.05) is 6.58 Å². The molecule has 0 aromatic carbocycles. The fraction of sp³-hybridized carbons (Fsp3) is 0.273. The highest BCUT2D eigenvalue weighted by Crippen LogP contribution is 2.17. The molecule has 1 rings (SSSR count). The number of hydrogen-bond donors (Lipinski definition) is 0. The molecule has 0 amide bonds. The van der Waals surface area contributed by atoms with Crippen molar-refractivity contribution in [3.63, 3.8) is 0 Å². The molecule has 98 valence electrons. The van der Waals surface area contributed by atoms with Gasteiger partial charge in [0.25, 0.3) is 0 Å². The molecular weight excluding hydrogens is 249 g/mol. The number of aromatic nitrogens is 2. The predicted molar refractivity (Wildman–Crippen MR) is 58.3 cm³/mol. The van der Waals surface area contributed by atoms with E-state index in [2.05, 4.69) is 16.3 Å². The van der Waals surface area contributed by atoms with Crippen LogP contribution in [-0.2, 0) is 9.53 Å². The standard InChI is InChI=1S/C11H11F3N2O2/c1-3-9(16-5-4-15-7-16)8(2)10(17)18-6-11(12,13)14/h3-5,7H,1,6H2,2H3/b9-8+. The largest absolute Gasteiger partial charge is 0.453 e. The average Bonchev–Trinajstić information content (AvgIpc) is 2.79. The van der Waals surface area contributed by atoms with E-state index in [0.29, 0.717) is 5.70 Å². The van der Waals surface area contributed by atoms with Gasteiger partial charge in [0.15, 0.2) is 6.61 Å². The number of alkyl halides is 3. The molecule has 0 aliphatic rings. The molecule has 0 aliphatic carbocycles. The predicted octanol–water partition coefficient (Wildman–Crippen LogP) is 2.41. The Hall–Kier alpha value is -2.05. The van der Waals surface area contributed by atoms with E-state index >= 15 is 0 Å². The SMILES string of the molecule is C=C/C(=C(/C)C(=O)OCC(F)(F)F)n1ccnc1. The zero-order valence-electron chi connectivity index (χ0n) is 9.57. The number of imidazole rings is 1. The molecule has 0 saturated heterocycles. The van der Waals surface area contributed by atoms with Crippen molar-refractivity contribution in [2.45, 2.75) is 13.1 Å². The molecule has 18 heavy (non-hydrogen) atoms. The molecule has 0 fully saturated rings. The van der Waals surface area contributed by atoms with Crippen molar-refractivity contribution in [1.29, 1.82) is 0 Å². The zero-order chi connectivity index (χ0) is 13.8. The summed E-state index contributed by atoms with van der Waals surface area (Å²) >= 11 is 0. The monoisotopic (exact) mass is 260 g/mol. The van der Waals surface area contributed by atoms with Crippen LogP contribution < -0.4 is 0 Å². The highest BCUT2D eigenvalue weighted by Gasteiger charge is 2.30. The van der Waals surface area contributed by atoms with Crippen LogP contribution in [0.15, 0.2) is 36.9 Å². The van der Waals surface area contributed by atoms with Gasteiger partial charge in [0.1, 0.15) is 0 Å². The lowest BCUT2D eigenvalue weighted by Crippen LogP contribution is -2.21. The Balaban J connectivity index is 2.86. The Morgan fingerprint density at radius 3 is 2.67 bits per heavy atom. The minimum Gasteiger partial charge on any atom is -0.453 e. The number of ether oxygens (including phenoxy) is 1. The first-order valence-corrected chi connectivity index (χ1v) is 4.90. The maximum Gasteiger partial charge on any atom is 0.422 e. The topological polar surface area (TPSA) is 44.1 Å². The minimum atomic E-state index is -4.54. The molecule has 1 aromatic rings. The Bertz CT molecular complexity index is 461. The van der Waals surface area contributed by atoms with Gasteiger partial charge in [-0.2, -0.15) is 13.2 Å². The maximum absolute atomic E-state index is 11.9.